The maximum atomic E-state index is 12.6. The Labute approximate surface area is 240 Å². The van der Waals surface area contributed by atoms with Gasteiger partial charge in [0.05, 0.1) is 13.2 Å². The zero-order chi connectivity index (χ0) is 26.8. The summed E-state index contributed by atoms with van der Waals surface area (Å²) in [4.78, 5) is 26.8. The molecule has 7 nitrogen and oxygen atoms in total. The van der Waals surface area contributed by atoms with Gasteiger partial charge in [-0.15, -0.1) is 12.4 Å². The van der Waals surface area contributed by atoms with Gasteiger partial charge in [-0.3, -0.25) is 9.59 Å². The van der Waals surface area contributed by atoms with Crippen LogP contribution in [0.3, 0.4) is 0 Å². The summed E-state index contributed by atoms with van der Waals surface area (Å²) in [6.07, 6.45) is 24.2. The standard InChI is InChI=1S/C30H60N4O3.ClH/c1-2-3-4-5-6-7-8-9-10-11-12-13-14-15-16-17-22-32-23-20-29(35)34-25-18-19-28(34)30(36)33-24-27-37-26-21-31;/h28,32H,2-27,31H2,1H3,(H,33,36);1H/t28-;/m0./s1. The molecular formula is C30H61ClN4O3. The van der Waals surface area contributed by atoms with Crippen LogP contribution in [-0.4, -0.2) is 68.7 Å². The molecule has 0 bridgehead atoms. The molecule has 1 aliphatic rings. The fourth-order valence-electron chi connectivity index (χ4n) is 5.15. The highest BCUT2D eigenvalue weighted by Gasteiger charge is 2.33. The number of amides is 2. The van der Waals surface area contributed by atoms with Crippen LogP contribution < -0.4 is 16.4 Å². The van der Waals surface area contributed by atoms with Crippen LogP contribution in [0.2, 0.25) is 0 Å². The monoisotopic (exact) mass is 560 g/mol. The van der Waals surface area contributed by atoms with Crippen molar-refractivity contribution in [2.45, 2.75) is 135 Å². The molecule has 1 heterocycles. The Morgan fingerprint density at radius 1 is 0.789 bits per heavy atom. The van der Waals surface area contributed by atoms with E-state index in [1.165, 1.54) is 103 Å². The number of carbonyl (C=O) groups excluding carboxylic acids is 2. The number of halogens is 1. The Morgan fingerprint density at radius 3 is 1.89 bits per heavy atom. The molecule has 38 heavy (non-hydrogen) atoms. The third-order valence-corrected chi connectivity index (χ3v) is 7.41. The molecule has 1 aliphatic heterocycles. The van der Waals surface area contributed by atoms with Crippen LogP contribution in [0, 0.1) is 0 Å². The first kappa shape index (κ1) is 37.1. The molecule has 1 rings (SSSR count). The third kappa shape index (κ3) is 20.1. The third-order valence-electron chi connectivity index (χ3n) is 7.41. The number of carbonyl (C=O) groups is 2. The lowest BCUT2D eigenvalue weighted by Crippen LogP contribution is -2.47. The van der Waals surface area contributed by atoms with Gasteiger partial charge in [-0.05, 0) is 25.8 Å². The molecule has 1 fully saturated rings. The first-order valence-corrected chi connectivity index (χ1v) is 15.8. The highest BCUT2D eigenvalue weighted by Crippen LogP contribution is 2.18. The summed E-state index contributed by atoms with van der Waals surface area (Å²) in [6, 6.07) is -0.331. The van der Waals surface area contributed by atoms with Crippen LogP contribution in [0.1, 0.15) is 129 Å². The van der Waals surface area contributed by atoms with Crippen LogP contribution in [-0.2, 0) is 14.3 Å². The number of hydrogen-bond donors (Lipinski definition) is 3. The molecule has 0 aromatic heterocycles. The van der Waals surface area contributed by atoms with Crippen LogP contribution in [0.25, 0.3) is 0 Å². The molecule has 1 saturated heterocycles. The summed E-state index contributed by atoms with van der Waals surface area (Å²) in [5.41, 5.74) is 5.39. The number of likely N-dealkylation sites (tertiary alicyclic amines) is 1. The maximum Gasteiger partial charge on any atom is 0.242 e. The zero-order valence-electron chi connectivity index (χ0n) is 24.6. The largest absolute Gasteiger partial charge is 0.378 e. The fourth-order valence-corrected chi connectivity index (χ4v) is 5.15. The van der Waals surface area contributed by atoms with E-state index in [9.17, 15) is 9.59 Å². The van der Waals surface area contributed by atoms with E-state index in [-0.39, 0.29) is 30.3 Å². The Morgan fingerprint density at radius 2 is 1.34 bits per heavy atom. The van der Waals surface area contributed by atoms with Crippen molar-refractivity contribution in [1.29, 1.82) is 0 Å². The highest BCUT2D eigenvalue weighted by atomic mass is 35.5. The Kier molecular flexibility index (Phi) is 27.0. The number of nitrogens with one attached hydrogen (secondary N) is 2. The second kappa shape index (κ2) is 27.7. The average molecular weight is 561 g/mol. The maximum absolute atomic E-state index is 12.6. The van der Waals surface area contributed by atoms with Crippen LogP contribution in [0.15, 0.2) is 0 Å². The van der Waals surface area contributed by atoms with Gasteiger partial charge in [0.1, 0.15) is 6.04 Å². The SMILES string of the molecule is CCCCCCCCCCCCCCCCCCNCCC(=O)N1CCC[C@H]1C(=O)NCCOCCN.Cl. The Bertz CT molecular complexity index is 554. The number of rotatable bonds is 26. The number of ether oxygens (including phenoxy) is 1. The smallest absolute Gasteiger partial charge is 0.242 e. The summed E-state index contributed by atoms with van der Waals surface area (Å²) >= 11 is 0. The number of nitrogens with zero attached hydrogens (tertiary/aromatic N) is 1. The van der Waals surface area contributed by atoms with E-state index in [1.807, 2.05) is 0 Å². The molecule has 8 heteroatoms. The molecular weight excluding hydrogens is 500 g/mol. The van der Waals surface area contributed by atoms with Gasteiger partial charge in [0, 0.05) is 32.6 Å². The minimum atomic E-state index is -0.331. The van der Waals surface area contributed by atoms with Crippen molar-refractivity contribution in [2.24, 2.45) is 5.73 Å². The van der Waals surface area contributed by atoms with E-state index in [0.29, 0.717) is 45.8 Å². The Hall–Kier alpha value is -0.890. The van der Waals surface area contributed by atoms with Crippen molar-refractivity contribution in [1.82, 2.24) is 15.5 Å². The van der Waals surface area contributed by atoms with Crippen molar-refractivity contribution in [3.05, 3.63) is 0 Å². The Balaban J connectivity index is 0.0000137. The lowest BCUT2D eigenvalue weighted by molar-refractivity contribution is -0.138. The summed E-state index contributed by atoms with van der Waals surface area (Å²) in [5, 5.41) is 6.30. The first-order valence-electron chi connectivity index (χ1n) is 15.8. The van der Waals surface area contributed by atoms with Crippen molar-refractivity contribution in [2.75, 3.05) is 45.9 Å². The quantitative estimate of drug-likeness (QED) is 0.117. The van der Waals surface area contributed by atoms with Crippen LogP contribution in [0.4, 0.5) is 0 Å². The summed E-state index contributed by atoms with van der Waals surface area (Å²) in [5.74, 6) is 0.0137. The number of hydrogen-bond acceptors (Lipinski definition) is 5. The van der Waals surface area contributed by atoms with Gasteiger partial charge in [0.2, 0.25) is 11.8 Å². The molecule has 0 aliphatic carbocycles. The normalized spacial score (nSPS) is 15.0. The molecule has 0 saturated carbocycles. The minimum absolute atomic E-state index is 0. The minimum Gasteiger partial charge on any atom is -0.378 e. The van der Waals surface area contributed by atoms with Gasteiger partial charge in [-0.1, -0.05) is 103 Å². The number of unbranched alkanes of at least 4 members (excludes halogenated alkanes) is 15. The van der Waals surface area contributed by atoms with Gasteiger partial charge in [-0.25, -0.2) is 0 Å². The molecule has 226 valence electrons. The van der Waals surface area contributed by atoms with Crippen LogP contribution >= 0.6 is 12.4 Å². The predicted molar refractivity (Wildman–Crippen MR) is 162 cm³/mol. The molecule has 4 N–H and O–H groups in total. The molecule has 2 amide bonds. The van der Waals surface area contributed by atoms with Gasteiger partial charge in [-0.2, -0.15) is 0 Å². The van der Waals surface area contributed by atoms with E-state index in [4.69, 9.17) is 10.5 Å². The zero-order valence-corrected chi connectivity index (χ0v) is 25.4. The first-order chi connectivity index (χ1) is 18.2. The van der Waals surface area contributed by atoms with E-state index < -0.39 is 0 Å². The van der Waals surface area contributed by atoms with Gasteiger partial charge < -0.3 is 26.0 Å². The molecule has 0 radical (unpaired) electrons. The lowest BCUT2D eigenvalue weighted by Gasteiger charge is -2.24. The van der Waals surface area contributed by atoms with Crippen molar-refractivity contribution >= 4 is 24.2 Å². The molecule has 0 aromatic rings. The second-order valence-electron chi connectivity index (χ2n) is 10.7. The predicted octanol–water partition coefficient (Wildman–Crippen LogP) is 5.73. The molecule has 0 unspecified atom stereocenters. The van der Waals surface area contributed by atoms with Crippen molar-refractivity contribution in [3.8, 4) is 0 Å². The van der Waals surface area contributed by atoms with Gasteiger partial charge in [0.25, 0.3) is 0 Å². The fraction of sp³-hybridized carbons (Fsp3) is 0.933. The molecule has 1 atom stereocenters. The van der Waals surface area contributed by atoms with Crippen molar-refractivity contribution < 1.29 is 14.3 Å². The highest BCUT2D eigenvalue weighted by molar-refractivity contribution is 5.88. The van der Waals surface area contributed by atoms with Crippen LogP contribution in [0.5, 0.6) is 0 Å². The van der Waals surface area contributed by atoms with E-state index in [0.717, 1.165) is 19.4 Å². The molecule has 0 spiro atoms. The lowest BCUT2D eigenvalue weighted by atomic mass is 10.0. The van der Waals surface area contributed by atoms with E-state index >= 15 is 0 Å². The summed E-state index contributed by atoms with van der Waals surface area (Å²) in [6.45, 7) is 6.51. The average Bonchev–Trinajstić information content (AvgIpc) is 3.40. The molecule has 0 aromatic carbocycles. The van der Waals surface area contributed by atoms with Crippen molar-refractivity contribution in [3.63, 3.8) is 0 Å². The topological polar surface area (TPSA) is 96.7 Å². The van der Waals surface area contributed by atoms with E-state index in [2.05, 4.69) is 17.6 Å². The van der Waals surface area contributed by atoms with Gasteiger partial charge >= 0.3 is 0 Å². The van der Waals surface area contributed by atoms with Gasteiger partial charge in [0.15, 0.2) is 0 Å². The summed E-state index contributed by atoms with van der Waals surface area (Å²) in [7, 11) is 0. The summed E-state index contributed by atoms with van der Waals surface area (Å²) < 4.78 is 5.29. The number of nitrogens with two attached hydrogens (primary N) is 1. The second-order valence-corrected chi connectivity index (χ2v) is 10.7. The van der Waals surface area contributed by atoms with E-state index in [1.54, 1.807) is 4.90 Å².